The van der Waals surface area contributed by atoms with Crippen LogP contribution in [0.5, 0.6) is 0 Å². The first kappa shape index (κ1) is 13.8. The predicted molar refractivity (Wildman–Crippen MR) is 71.7 cm³/mol. The van der Waals surface area contributed by atoms with Crippen molar-refractivity contribution < 1.29 is 9.90 Å². The maximum absolute atomic E-state index is 10.6. The third-order valence-electron chi connectivity index (χ3n) is 4.20. The molecule has 1 aliphatic carbocycles. The molecule has 2 fully saturated rings. The first-order chi connectivity index (χ1) is 8.58. The SMILES string of the molecule is CC(C)N(CCCC(=O)O)C1CCN(C2CC2)C1. The Kier molecular flexibility index (Phi) is 4.62. The van der Waals surface area contributed by atoms with E-state index in [1.54, 1.807) is 0 Å². The van der Waals surface area contributed by atoms with E-state index in [9.17, 15) is 4.79 Å². The van der Waals surface area contributed by atoms with Crippen LogP contribution >= 0.6 is 0 Å². The molecular formula is C14H26N2O2. The second kappa shape index (κ2) is 6.02. The fourth-order valence-corrected chi connectivity index (χ4v) is 3.09. The van der Waals surface area contributed by atoms with E-state index in [4.69, 9.17) is 5.11 Å². The smallest absolute Gasteiger partial charge is 0.303 e. The van der Waals surface area contributed by atoms with Crippen molar-refractivity contribution in [2.24, 2.45) is 0 Å². The van der Waals surface area contributed by atoms with Crippen LogP contribution in [0.1, 0.15) is 46.0 Å². The average molecular weight is 254 g/mol. The lowest BCUT2D eigenvalue weighted by atomic mass is 10.1. The summed E-state index contributed by atoms with van der Waals surface area (Å²) in [4.78, 5) is 15.7. The molecule has 0 aromatic heterocycles. The van der Waals surface area contributed by atoms with Crippen LogP contribution in [0.2, 0.25) is 0 Å². The predicted octanol–water partition coefficient (Wildman–Crippen LogP) is 1.80. The van der Waals surface area contributed by atoms with Gasteiger partial charge in [-0.25, -0.2) is 0 Å². The molecule has 0 bridgehead atoms. The Hall–Kier alpha value is -0.610. The number of carbonyl (C=O) groups is 1. The number of likely N-dealkylation sites (tertiary alicyclic amines) is 1. The quantitative estimate of drug-likeness (QED) is 0.752. The van der Waals surface area contributed by atoms with Gasteiger partial charge in [-0.1, -0.05) is 0 Å². The van der Waals surface area contributed by atoms with Crippen LogP contribution in [0.3, 0.4) is 0 Å². The van der Waals surface area contributed by atoms with Crippen LogP contribution < -0.4 is 0 Å². The van der Waals surface area contributed by atoms with E-state index in [2.05, 4.69) is 23.6 Å². The van der Waals surface area contributed by atoms with Gasteiger partial charge in [0.25, 0.3) is 0 Å². The molecule has 2 aliphatic rings. The van der Waals surface area contributed by atoms with E-state index in [1.165, 1.54) is 32.4 Å². The largest absolute Gasteiger partial charge is 0.481 e. The van der Waals surface area contributed by atoms with Crippen LogP contribution in [-0.2, 0) is 4.79 Å². The van der Waals surface area contributed by atoms with Gasteiger partial charge in [0.15, 0.2) is 0 Å². The third-order valence-corrected chi connectivity index (χ3v) is 4.20. The summed E-state index contributed by atoms with van der Waals surface area (Å²) in [5, 5.41) is 8.73. The molecule has 104 valence electrons. The van der Waals surface area contributed by atoms with E-state index in [-0.39, 0.29) is 0 Å². The molecular weight excluding hydrogens is 228 g/mol. The van der Waals surface area contributed by atoms with Gasteiger partial charge in [0, 0.05) is 37.6 Å². The van der Waals surface area contributed by atoms with Gasteiger partial charge in [-0.3, -0.25) is 14.6 Å². The van der Waals surface area contributed by atoms with Gasteiger partial charge in [0.05, 0.1) is 0 Å². The second-order valence-electron chi connectivity index (χ2n) is 6.00. The second-order valence-corrected chi connectivity index (χ2v) is 6.00. The Morgan fingerprint density at radius 3 is 2.67 bits per heavy atom. The van der Waals surface area contributed by atoms with Gasteiger partial charge in [0.1, 0.15) is 0 Å². The molecule has 1 N–H and O–H groups in total. The molecule has 1 saturated heterocycles. The highest BCUT2D eigenvalue weighted by Crippen LogP contribution is 2.31. The Morgan fingerprint density at radius 1 is 1.39 bits per heavy atom. The molecule has 1 unspecified atom stereocenters. The van der Waals surface area contributed by atoms with Gasteiger partial charge < -0.3 is 5.11 Å². The van der Waals surface area contributed by atoms with E-state index < -0.39 is 5.97 Å². The Balaban J connectivity index is 1.79. The highest BCUT2D eigenvalue weighted by atomic mass is 16.4. The highest BCUT2D eigenvalue weighted by Gasteiger charge is 2.36. The Labute approximate surface area is 110 Å². The molecule has 1 saturated carbocycles. The fraction of sp³-hybridized carbons (Fsp3) is 0.929. The number of nitrogens with zero attached hydrogens (tertiary/aromatic N) is 2. The summed E-state index contributed by atoms with van der Waals surface area (Å²) < 4.78 is 0. The van der Waals surface area contributed by atoms with Crippen LogP contribution in [-0.4, -0.2) is 58.6 Å². The van der Waals surface area contributed by atoms with Crippen molar-refractivity contribution in [3.63, 3.8) is 0 Å². The van der Waals surface area contributed by atoms with Crippen LogP contribution in [0, 0.1) is 0 Å². The van der Waals surface area contributed by atoms with Crippen molar-refractivity contribution in [1.82, 2.24) is 9.80 Å². The number of hydrogen-bond acceptors (Lipinski definition) is 3. The molecule has 0 radical (unpaired) electrons. The summed E-state index contributed by atoms with van der Waals surface area (Å²) in [6, 6.07) is 2.02. The molecule has 0 aromatic rings. The molecule has 18 heavy (non-hydrogen) atoms. The van der Waals surface area contributed by atoms with Gasteiger partial charge in [-0.05, 0) is 46.1 Å². The topological polar surface area (TPSA) is 43.8 Å². The summed E-state index contributed by atoms with van der Waals surface area (Å²) in [5.41, 5.74) is 0. The minimum atomic E-state index is -0.676. The van der Waals surface area contributed by atoms with Crippen molar-refractivity contribution in [3.8, 4) is 0 Å². The number of carboxylic acids is 1. The van der Waals surface area contributed by atoms with Gasteiger partial charge >= 0.3 is 5.97 Å². The normalized spacial score (nSPS) is 25.2. The number of aliphatic carboxylic acids is 1. The molecule has 0 amide bonds. The van der Waals surface area contributed by atoms with E-state index in [0.717, 1.165) is 19.0 Å². The lowest BCUT2D eigenvalue weighted by Crippen LogP contribution is -2.43. The molecule has 1 atom stereocenters. The zero-order valence-corrected chi connectivity index (χ0v) is 11.6. The van der Waals surface area contributed by atoms with Crippen LogP contribution in [0.15, 0.2) is 0 Å². The molecule has 1 heterocycles. The summed E-state index contributed by atoms with van der Waals surface area (Å²) in [5.74, 6) is -0.676. The monoisotopic (exact) mass is 254 g/mol. The van der Waals surface area contributed by atoms with Crippen molar-refractivity contribution in [2.45, 2.75) is 64.1 Å². The average Bonchev–Trinajstić information content (AvgIpc) is 3.03. The number of carboxylic acid groups (broad SMARTS) is 1. The lowest BCUT2D eigenvalue weighted by Gasteiger charge is -2.32. The van der Waals surface area contributed by atoms with E-state index in [0.29, 0.717) is 18.5 Å². The maximum atomic E-state index is 10.6. The molecule has 0 spiro atoms. The maximum Gasteiger partial charge on any atom is 0.303 e. The number of rotatable bonds is 7. The molecule has 2 rings (SSSR count). The highest BCUT2D eigenvalue weighted by molar-refractivity contribution is 5.66. The molecule has 0 aromatic carbocycles. The summed E-state index contributed by atoms with van der Waals surface area (Å²) in [6.07, 6.45) is 5.08. The standard InChI is InChI=1S/C14H26N2O2/c1-11(2)16(8-3-4-14(17)18)13-7-9-15(10-13)12-5-6-12/h11-13H,3-10H2,1-2H3,(H,17,18). The summed E-state index contributed by atoms with van der Waals surface area (Å²) in [7, 11) is 0. The summed E-state index contributed by atoms with van der Waals surface area (Å²) in [6.45, 7) is 7.79. The minimum absolute atomic E-state index is 0.294. The van der Waals surface area contributed by atoms with Crippen molar-refractivity contribution in [3.05, 3.63) is 0 Å². The Morgan fingerprint density at radius 2 is 2.11 bits per heavy atom. The first-order valence-corrected chi connectivity index (χ1v) is 7.29. The Bertz CT molecular complexity index is 290. The number of hydrogen-bond donors (Lipinski definition) is 1. The first-order valence-electron chi connectivity index (χ1n) is 7.29. The zero-order valence-electron chi connectivity index (χ0n) is 11.6. The minimum Gasteiger partial charge on any atom is -0.481 e. The van der Waals surface area contributed by atoms with E-state index >= 15 is 0 Å². The summed E-state index contributed by atoms with van der Waals surface area (Å²) >= 11 is 0. The van der Waals surface area contributed by atoms with Gasteiger partial charge in [0.2, 0.25) is 0 Å². The zero-order chi connectivity index (χ0) is 13.1. The van der Waals surface area contributed by atoms with Crippen LogP contribution in [0.25, 0.3) is 0 Å². The van der Waals surface area contributed by atoms with Crippen molar-refractivity contribution in [2.75, 3.05) is 19.6 Å². The van der Waals surface area contributed by atoms with Crippen LogP contribution in [0.4, 0.5) is 0 Å². The van der Waals surface area contributed by atoms with Crippen molar-refractivity contribution in [1.29, 1.82) is 0 Å². The third kappa shape index (κ3) is 3.69. The fourth-order valence-electron chi connectivity index (χ4n) is 3.09. The van der Waals surface area contributed by atoms with Crippen molar-refractivity contribution >= 4 is 5.97 Å². The van der Waals surface area contributed by atoms with Gasteiger partial charge in [-0.2, -0.15) is 0 Å². The lowest BCUT2D eigenvalue weighted by molar-refractivity contribution is -0.137. The molecule has 4 nitrogen and oxygen atoms in total. The van der Waals surface area contributed by atoms with Gasteiger partial charge in [-0.15, -0.1) is 0 Å². The molecule has 1 aliphatic heterocycles. The van der Waals surface area contributed by atoms with E-state index in [1.807, 2.05) is 0 Å². The molecule has 4 heteroatoms.